The minimum atomic E-state index is -0.581. The predicted molar refractivity (Wildman–Crippen MR) is 174 cm³/mol. The van der Waals surface area contributed by atoms with E-state index in [1.807, 2.05) is 56.3 Å². The zero-order valence-corrected chi connectivity index (χ0v) is 25.5. The molecule has 0 radical (unpaired) electrons. The number of benzene rings is 2. The van der Waals surface area contributed by atoms with Crippen molar-refractivity contribution in [1.29, 1.82) is 0 Å². The molecule has 6 rings (SSSR count). The second-order valence-corrected chi connectivity index (χ2v) is 12.4. The van der Waals surface area contributed by atoms with Crippen LogP contribution in [0.15, 0.2) is 72.9 Å². The van der Waals surface area contributed by atoms with Gasteiger partial charge in [0.2, 0.25) is 0 Å². The van der Waals surface area contributed by atoms with Crippen LogP contribution in [-0.4, -0.2) is 71.0 Å². The Morgan fingerprint density at radius 1 is 0.886 bits per heavy atom. The van der Waals surface area contributed by atoms with Crippen LogP contribution in [-0.2, 0) is 5.54 Å². The number of hydrogen-bond acceptors (Lipinski definition) is 7. The maximum Gasteiger partial charge on any atom is 0.272 e. The van der Waals surface area contributed by atoms with E-state index in [2.05, 4.69) is 48.0 Å². The molecule has 44 heavy (non-hydrogen) atoms. The monoisotopic (exact) mass is 610 g/mol. The Morgan fingerprint density at radius 2 is 1.66 bits per heavy atom. The van der Waals surface area contributed by atoms with E-state index in [9.17, 15) is 14.4 Å². The molecule has 3 aromatic heterocycles. The fourth-order valence-electron chi connectivity index (χ4n) is 5.23. The van der Waals surface area contributed by atoms with Gasteiger partial charge in [0.1, 0.15) is 10.5 Å². The SMILES string of the molecule is CN1CCN(c2ccc(C(=O)Nc3n[nH]c4sc(C(=O)NC(C)(C)c5ccccc5)cc34)c(NC(=O)c3ccc[nH]3)c2)CC1. The van der Waals surface area contributed by atoms with Gasteiger partial charge in [-0.1, -0.05) is 30.3 Å². The largest absolute Gasteiger partial charge is 0.369 e. The summed E-state index contributed by atoms with van der Waals surface area (Å²) in [7, 11) is 2.09. The van der Waals surface area contributed by atoms with Crippen LogP contribution < -0.4 is 20.9 Å². The number of carbonyl (C=O) groups excluding carboxylic acids is 3. The number of amides is 3. The average Bonchev–Trinajstić information content (AvgIpc) is 3.77. The number of nitrogens with one attached hydrogen (secondary N) is 5. The van der Waals surface area contributed by atoms with Gasteiger partial charge in [-0.2, -0.15) is 5.10 Å². The number of fused-ring (bicyclic) bond motifs is 1. The van der Waals surface area contributed by atoms with Crippen LogP contribution in [0.3, 0.4) is 0 Å². The number of hydrogen-bond donors (Lipinski definition) is 5. The molecule has 0 spiro atoms. The van der Waals surface area contributed by atoms with Crippen LogP contribution in [0.4, 0.5) is 17.2 Å². The summed E-state index contributed by atoms with van der Waals surface area (Å²) < 4.78 is 0. The summed E-state index contributed by atoms with van der Waals surface area (Å²) in [6, 6.07) is 20.3. The number of piperazine rings is 1. The minimum absolute atomic E-state index is 0.223. The Bertz CT molecular complexity index is 1800. The highest BCUT2D eigenvalue weighted by atomic mass is 32.1. The molecule has 1 fully saturated rings. The van der Waals surface area contributed by atoms with Gasteiger partial charge in [-0.3, -0.25) is 19.5 Å². The molecule has 5 N–H and O–H groups in total. The van der Waals surface area contributed by atoms with Gasteiger partial charge in [-0.05, 0) is 62.9 Å². The van der Waals surface area contributed by atoms with Gasteiger partial charge in [0.05, 0.1) is 27.1 Å². The van der Waals surface area contributed by atoms with Crippen molar-refractivity contribution in [3.8, 4) is 0 Å². The quantitative estimate of drug-likeness (QED) is 0.170. The maximum absolute atomic E-state index is 13.6. The first-order valence-electron chi connectivity index (χ1n) is 14.4. The number of H-pyrrole nitrogens is 2. The van der Waals surface area contributed by atoms with Gasteiger partial charge < -0.3 is 30.7 Å². The van der Waals surface area contributed by atoms with Gasteiger partial charge in [-0.15, -0.1) is 11.3 Å². The summed E-state index contributed by atoms with van der Waals surface area (Å²) in [5.41, 5.74) is 2.39. The van der Waals surface area contributed by atoms with E-state index in [-0.39, 0.29) is 17.4 Å². The van der Waals surface area contributed by atoms with Crippen molar-refractivity contribution in [3.05, 3.63) is 94.6 Å². The Balaban J connectivity index is 1.23. The molecule has 3 amide bonds. The van der Waals surface area contributed by atoms with Crippen molar-refractivity contribution < 1.29 is 14.4 Å². The van der Waals surface area contributed by atoms with Crippen LogP contribution in [0.25, 0.3) is 10.2 Å². The third kappa shape index (κ3) is 6.08. The highest BCUT2D eigenvalue weighted by Gasteiger charge is 2.26. The lowest BCUT2D eigenvalue weighted by Crippen LogP contribution is -2.44. The standard InChI is InChI=1S/C32H34N8O3S/c1-32(2,20-8-5-4-6-9-20)36-30(43)26-19-23-27(37-38-31(23)44-26)35-28(41)22-12-11-21(40-16-14-39(3)15-17-40)18-25(22)34-29(42)24-10-7-13-33-24/h4-13,18-19,33H,14-17H2,1-3H3,(H,34,42)(H,36,43)(H2,35,37,38,41). The summed E-state index contributed by atoms with van der Waals surface area (Å²) in [6.45, 7) is 7.43. The van der Waals surface area contributed by atoms with Crippen molar-refractivity contribution in [2.45, 2.75) is 19.4 Å². The Labute approximate surface area is 258 Å². The molecule has 1 aliphatic heterocycles. The number of aromatic amines is 2. The number of likely N-dealkylation sites (N-methyl/N-ethyl adjacent to an activating group) is 1. The lowest BCUT2D eigenvalue weighted by Gasteiger charge is -2.34. The highest BCUT2D eigenvalue weighted by molar-refractivity contribution is 7.20. The third-order valence-electron chi connectivity index (χ3n) is 7.84. The third-order valence-corrected chi connectivity index (χ3v) is 8.88. The van der Waals surface area contributed by atoms with Crippen LogP contribution in [0.1, 0.15) is 49.9 Å². The molecule has 1 aliphatic rings. The second-order valence-electron chi connectivity index (χ2n) is 11.4. The summed E-state index contributed by atoms with van der Waals surface area (Å²) in [5.74, 6) is -0.715. The molecule has 0 atom stereocenters. The van der Waals surface area contributed by atoms with E-state index in [1.54, 1.807) is 30.5 Å². The van der Waals surface area contributed by atoms with Crippen molar-refractivity contribution >= 4 is 56.5 Å². The minimum Gasteiger partial charge on any atom is -0.369 e. The number of anilines is 3. The van der Waals surface area contributed by atoms with Crippen LogP contribution in [0.5, 0.6) is 0 Å². The zero-order chi connectivity index (χ0) is 30.8. The highest BCUT2D eigenvalue weighted by Crippen LogP contribution is 2.32. The Kier molecular flexibility index (Phi) is 7.93. The number of carbonyl (C=O) groups is 3. The lowest BCUT2D eigenvalue weighted by molar-refractivity contribution is 0.0915. The first-order valence-corrected chi connectivity index (χ1v) is 15.2. The molecule has 0 bridgehead atoms. The summed E-state index contributed by atoms with van der Waals surface area (Å²) in [6.07, 6.45) is 1.67. The number of rotatable bonds is 8. The predicted octanol–water partition coefficient (Wildman–Crippen LogP) is 4.87. The average molecular weight is 611 g/mol. The fourth-order valence-corrected chi connectivity index (χ4v) is 6.12. The smallest absolute Gasteiger partial charge is 0.272 e. The number of thiophene rings is 1. The van der Waals surface area contributed by atoms with Crippen molar-refractivity contribution in [3.63, 3.8) is 0 Å². The van der Waals surface area contributed by atoms with Crippen molar-refractivity contribution in [1.82, 2.24) is 25.4 Å². The molecular formula is C32H34N8O3S. The molecule has 0 aliphatic carbocycles. The van der Waals surface area contributed by atoms with Crippen LogP contribution in [0.2, 0.25) is 0 Å². The van der Waals surface area contributed by atoms with Gasteiger partial charge >= 0.3 is 0 Å². The lowest BCUT2D eigenvalue weighted by atomic mass is 9.94. The fraction of sp³-hybridized carbons (Fsp3) is 0.250. The molecule has 11 nitrogen and oxygen atoms in total. The van der Waals surface area contributed by atoms with E-state index in [0.29, 0.717) is 32.3 Å². The van der Waals surface area contributed by atoms with Gasteiger partial charge in [0, 0.05) is 38.1 Å². The zero-order valence-electron chi connectivity index (χ0n) is 24.7. The molecule has 226 valence electrons. The Morgan fingerprint density at radius 3 is 2.39 bits per heavy atom. The number of aromatic nitrogens is 3. The first-order chi connectivity index (χ1) is 21.2. The van der Waals surface area contributed by atoms with Crippen molar-refractivity contribution in [2.24, 2.45) is 0 Å². The molecule has 0 unspecified atom stereocenters. The molecule has 4 heterocycles. The molecule has 5 aromatic rings. The topological polar surface area (TPSA) is 138 Å². The molecule has 1 saturated heterocycles. The van der Waals surface area contributed by atoms with E-state index in [1.165, 1.54) is 11.3 Å². The summed E-state index contributed by atoms with van der Waals surface area (Å²) >= 11 is 1.26. The van der Waals surface area contributed by atoms with Gasteiger partial charge in [0.15, 0.2) is 5.82 Å². The molecule has 0 saturated carbocycles. The van der Waals surface area contributed by atoms with E-state index in [0.717, 1.165) is 37.4 Å². The summed E-state index contributed by atoms with van der Waals surface area (Å²) in [5, 5.41) is 16.7. The van der Waals surface area contributed by atoms with E-state index in [4.69, 9.17) is 0 Å². The van der Waals surface area contributed by atoms with Crippen molar-refractivity contribution in [2.75, 3.05) is 48.8 Å². The number of nitrogens with zero attached hydrogens (tertiary/aromatic N) is 3. The first kappa shape index (κ1) is 29.1. The van der Waals surface area contributed by atoms with Gasteiger partial charge in [0.25, 0.3) is 17.7 Å². The summed E-state index contributed by atoms with van der Waals surface area (Å²) in [4.78, 5) is 48.4. The normalized spacial score (nSPS) is 14.0. The Hall–Kier alpha value is -4.94. The second kappa shape index (κ2) is 12.0. The van der Waals surface area contributed by atoms with E-state index < -0.39 is 11.4 Å². The van der Waals surface area contributed by atoms with E-state index >= 15 is 0 Å². The maximum atomic E-state index is 13.6. The molecule has 12 heteroatoms. The molecule has 2 aromatic carbocycles. The molecular weight excluding hydrogens is 576 g/mol. The van der Waals surface area contributed by atoms with Crippen LogP contribution in [0, 0.1) is 0 Å². The van der Waals surface area contributed by atoms with Gasteiger partial charge in [-0.25, -0.2) is 0 Å². The van der Waals surface area contributed by atoms with Crippen LogP contribution >= 0.6 is 11.3 Å².